The molecule has 0 radical (unpaired) electrons. The summed E-state index contributed by atoms with van der Waals surface area (Å²) >= 11 is 0. The van der Waals surface area contributed by atoms with Gasteiger partial charge in [0.05, 0.1) is 6.20 Å². The lowest BCUT2D eigenvalue weighted by Crippen LogP contribution is -2.41. The molecular weight excluding hydrogens is 276 g/mol. The minimum absolute atomic E-state index is 0.0139. The summed E-state index contributed by atoms with van der Waals surface area (Å²) in [7, 11) is 0. The normalized spacial score (nSPS) is 25.4. The van der Waals surface area contributed by atoms with Crippen LogP contribution >= 0.6 is 0 Å². The second-order valence-electron chi connectivity index (χ2n) is 7.08. The molecule has 0 saturated heterocycles. The average molecular weight is 302 g/mol. The Labute approximate surface area is 131 Å². The molecule has 1 aliphatic carbocycles. The molecule has 120 valence electrons. The number of aromatic nitrogens is 3. The van der Waals surface area contributed by atoms with E-state index in [9.17, 15) is 5.11 Å². The molecule has 2 unspecified atom stereocenters. The van der Waals surface area contributed by atoms with Gasteiger partial charge in [-0.1, -0.05) is 13.3 Å². The summed E-state index contributed by atoms with van der Waals surface area (Å²) in [4.78, 5) is 4.58. The highest BCUT2D eigenvalue weighted by molar-refractivity contribution is 5.75. The maximum absolute atomic E-state index is 9.63. The van der Waals surface area contributed by atoms with Gasteiger partial charge in [-0.3, -0.25) is 0 Å². The summed E-state index contributed by atoms with van der Waals surface area (Å²) in [6, 6.07) is 2.86. The molecule has 0 amide bonds. The van der Waals surface area contributed by atoms with Crippen molar-refractivity contribution in [2.75, 3.05) is 6.61 Å². The monoisotopic (exact) mass is 302 g/mol. The number of aliphatic hydroxyl groups is 1. The molecule has 0 bridgehead atoms. The zero-order valence-electron chi connectivity index (χ0n) is 13.7. The van der Waals surface area contributed by atoms with Crippen LogP contribution in [0.4, 0.5) is 0 Å². The van der Waals surface area contributed by atoms with Crippen LogP contribution in [0.2, 0.25) is 0 Å². The van der Waals surface area contributed by atoms with Crippen molar-refractivity contribution in [1.29, 1.82) is 0 Å². The van der Waals surface area contributed by atoms with E-state index in [2.05, 4.69) is 42.2 Å². The number of pyridine rings is 1. The van der Waals surface area contributed by atoms with Gasteiger partial charge < -0.3 is 10.4 Å². The van der Waals surface area contributed by atoms with E-state index in [4.69, 9.17) is 0 Å². The van der Waals surface area contributed by atoms with Gasteiger partial charge in [0.25, 0.3) is 0 Å². The number of aliphatic hydroxyl groups excluding tert-OH is 1. The van der Waals surface area contributed by atoms with E-state index >= 15 is 0 Å². The zero-order valence-corrected chi connectivity index (χ0v) is 13.7. The average Bonchev–Trinajstić information content (AvgIpc) is 3.08. The molecule has 1 saturated carbocycles. The molecule has 2 heterocycles. The standard InChI is InChI=1S/C17H26N4O/c1-12(2)21-16-14(10-20-21)7-13(9-19-16)8-18-15-5-4-6-17(15,3)11-22/h7,9-10,12,15,18,22H,4-6,8,11H2,1-3H3. The molecule has 0 aliphatic heterocycles. The predicted octanol–water partition coefficient (Wildman–Crippen LogP) is 2.65. The smallest absolute Gasteiger partial charge is 0.157 e. The minimum atomic E-state index is 0.0139. The summed E-state index contributed by atoms with van der Waals surface area (Å²) in [6.45, 7) is 7.43. The van der Waals surface area contributed by atoms with Crippen molar-refractivity contribution < 1.29 is 5.11 Å². The van der Waals surface area contributed by atoms with Crippen LogP contribution in [0, 0.1) is 5.41 Å². The number of hydrogen-bond acceptors (Lipinski definition) is 4. The lowest BCUT2D eigenvalue weighted by molar-refractivity contribution is 0.118. The molecule has 0 spiro atoms. The van der Waals surface area contributed by atoms with Gasteiger partial charge in [-0.2, -0.15) is 5.10 Å². The van der Waals surface area contributed by atoms with Gasteiger partial charge in [-0.15, -0.1) is 0 Å². The van der Waals surface area contributed by atoms with E-state index in [1.807, 2.05) is 17.1 Å². The number of fused-ring (bicyclic) bond motifs is 1. The van der Waals surface area contributed by atoms with Crippen LogP contribution in [0.5, 0.6) is 0 Å². The second kappa shape index (κ2) is 5.97. The van der Waals surface area contributed by atoms with Crippen molar-refractivity contribution in [1.82, 2.24) is 20.1 Å². The lowest BCUT2D eigenvalue weighted by atomic mass is 9.86. The van der Waals surface area contributed by atoms with E-state index in [1.54, 1.807) is 0 Å². The number of nitrogens with zero attached hydrogens (tertiary/aromatic N) is 3. The molecule has 1 aliphatic rings. The molecule has 22 heavy (non-hydrogen) atoms. The third-order valence-corrected chi connectivity index (χ3v) is 4.97. The first-order valence-electron chi connectivity index (χ1n) is 8.20. The summed E-state index contributed by atoms with van der Waals surface area (Å²) < 4.78 is 1.95. The quantitative estimate of drug-likeness (QED) is 0.891. The highest BCUT2D eigenvalue weighted by atomic mass is 16.3. The summed E-state index contributed by atoms with van der Waals surface area (Å²) in [5.74, 6) is 0. The Morgan fingerprint density at radius 1 is 1.45 bits per heavy atom. The topological polar surface area (TPSA) is 63.0 Å². The lowest BCUT2D eigenvalue weighted by Gasteiger charge is -2.30. The maximum Gasteiger partial charge on any atom is 0.157 e. The number of rotatable bonds is 5. The first kappa shape index (κ1) is 15.4. The fourth-order valence-electron chi connectivity index (χ4n) is 3.47. The number of hydrogen-bond donors (Lipinski definition) is 2. The van der Waals surface area contributed by atoms with Crippen molar-refractivity contribution >= 4 is 11.0 Å². The molecule has 2 aromatic heterocycles. The molecule has 2 aromatic rings. The SMILES string of the molecule is CC(C)n1ncc2cc(CNC3CCCC3(C)CO)cnc21. The first-order valence-corrected chi connectivity index (χ1v) is 8.20. The van der Waals surface area contributed by atoms with Crippen molar-refractivity contribution in [3.8, 4) is 0 Å². The van der Waals surface area contributed by atoms with Crippen LogP contribution in [0.15, 0.2) is 18.5 Å². The molecule has 5 nitrogen and oxygen atoms in total. The van der Waals surface area contributed by atoms with Gasteiger partial charge in [0.1, 0.15) is 0 Å². The third kappa shape index (κ3) is 2.75. The molecule has 3 rings (SSSR count). The minimum Gasteiger partial charge on any atom is -0.396 e. The van der Waals surface area contributed by atoms with Crippen LogP contribution in [0.3, 0.4) is 0 Å². The van der Waals surface area contributed by atoms with Crippen LogP contribution in [0.1, 0.15) is 51.6 Å². The van der Waals surface area contributed by atoms with Crippen molar-refractivity contribution in [2.45, 2.75) is 58.7 Å². The summed E-state index contributed by atoms with van der Waals surface area (Å²) in [5, 5.41) is 18.7. The Balaban J connectivity index is 1.72. The Kier molecular flexibility index (Phi) is 4.19. The maximum atomic E-state index is 9.63. The Morgan fingerprint density at radius 2 is 2.27 bits per heavy atom. The molecule has 0 aromatic carbocycles. The Bertz CT molecular complexity index is 651. The van der Waals surface area contributed by atoms with Crippen molar-refractivity contribution in [2.24, 2.45) is 5.41 Å². The zero-order chi connectivity index (χ0) is 15.7. The van der Waals surface area contributed by atoms with Gasteiger partial charge in [0.15, 0.2) is 5.65 Å². The molecule has 2 N–H and O–H groups in total. The first-order chi connectivity index (χ1) is 10.5. The number of nitrogens with one attached hydrogen (secondary N) is 1. The van der Waals surface area contributed by atoms with Crippen molar-refractivity contribution in [3.05, 3.63) is 24.0 Å². The third-order valence-electron chi connectivity index (χ3n) is 4.97. The van der Waals surface area contributed by atoms with Gasteiger partial charge >= 0.3 is 0 Å². The largest absolute Gasteiger partial charge is 0.396 e. The summed E-state index contributed by atoms with van der Waals surface area (Å²) in [5.41, 5.74) is 2.13. The predicted molar refractivity (Wildman–Crippen MR) is 87.6 cm³/mol. The van der Waals surface area contributed by atoms with Gasteiger partial charge in [-0.25, -0.2) is 9.67 Å². The van der Waals surface area contributed by atoms with Gasteiger partial charge in [0, 0.05) is 42.2 Å². The van der Waals surface area contributed by atoms with E-state index in [0.29, 0.717) is 12.1 Å². The Morgan fingerprint density at radius 3 is 3.00 bits per heavy atom. The van der Waals surface area contributed by atoms with Crippen molar-refractivity contribution in [3.63, 3.8) is 0 Å². The van der Waals surface area contributed by atoms with E-state index < -0.39 is 0 Å². The van der Waals surface area contributed by atoms with Crippen LogP contribution in [-0.2, 0) is 6.54 Å². The fraction of sp³-hybridized carbons (Fsp3) is 0.647. The van der Waals surface area contributed by atoms with E-state index in [1.165, 1.54) is 12.0 Å². The van der Waals surface area contributed by atoms with Crippen LogP contribution < -0.4 is 5.32 Å². The fourth-order valence-corrected chi connectivity index (χ4v) is 3.47. The molecule has 5 heteroatoms. The van der Waals surface area contributed by atoms with Crippen LogP contribution in [0.25, 0.3) is 11.0 Å². The highest BCUT2D eigenvalue weighted by Crippen LogP contribution is 2.37. The van der Waals surface area contributed by atoms with E-state index in [0.717, 1.165) is 30.4 Å². The van der Waals surface area contributed by atoms with Gasteiger partial charge in [0.2, 0.25) is 0 Å². The van der Waals surface area contributed by atoms with E-state index in [-0.39, 0.29) is 12.0 Å². The van der Waals surface area contributed by atoms with Gasteiger partial charge in [-0.05, 0) is 38.3 Å². The summed E-state index contributed by atoms with van der Waals surface area (Å²) in [6.07, 6.45) is 7.24. The highest BCUT2D eigenvalue weighted by Gasteiger charge is 2.37. The Hall–Kier alpha value is -1.46. The second-order valence-corrected chi connectivity index (χ2v) is 7.08. The molecule has 2 atom stereocenters. The van der Waals surface area contributed by atoms with Crippen LogP contribution in [-0.4, -0.2) is 32.5 Å². The molecule has 1 fully saturated rings. The molecular formula is C17H26N4O.